The number of primary amides is 1. The van der Waals surface area contributed by atoms with Gasteiger partial charge >= 0.3 is 0 Å². The van der Waals surface area contributed by atoms with E-state index in [0.717, 1.165) is 0 Å². The molecule has 1 fully saturated rings. The van der Waals surface area contributed by atoms with Crippen molar-refractivity contribution >= 4 is 15.9 Å². The van der Waals surface area contributed by atoms with Crippen LogP contribution in [-0.2, 0) is 19.6 Å². The maximum atomic E-state index is 12.3. The third-order valence-corrected chi connectivity index (χ3v) is 4.58. The molecule has 1 heterocycles. The van der Waals surface area contributed by atoms with E-state index in [-0.39, 0.29) is 24.5 Å². The minimum absolute atomic E-state index is 0.0917. The van der Waals surface area contributed by atoms with Crippen LogP contribution in [0.25, 0.3) is 0 Å². The zero-order valence-corrected chi connectivity index (χ0v) is 11.8. The van der Waals surface area contributed by atoms with Crippen LogP contribution in [0.1, 0.15) is 6.42 Å². The van der Waals surface area contributed by atoms with Crippen molar-refractivity contribution < 1.29 is 22.7 Å². The summed E-state index contributed by atoms with van der Waals surface area (Å²) >= 11 is 0. The van der Waals surface area contributed by atoms with Crippen LogP contribution in [-0.4, -0.2) is 40.2 Å². The Bertz CT molecular complexity index is 593. The molecule has 0 aliphatic carbocycles. The summed E-state index contributed by atoms with van der Waals surface area (Å²) in [4.78, 5) is 11.1. The molecule has 0 spiro atoms. The van der Waals surface area contributed by atoms with E-state index < -0.39 is 21.5 Å². The second-order valence-corrected chi connectivity index (χ2v) is 6.38. The van der Waals surface area contributed by atoms with Gasteiger partial charge in [-0.15, -0.1) is 0 Å². The average molecular weight is 300 g/mol. The Labute approximate surface area is 117 Å². The Hall–Kier alpha value is -1.64. The van der Waals surface area contributed by atoms with Crippen LogP contribution in [0.4, 0.5) is 0 Å². The van der Waals surface area contributed by atoms with Crippen molar-refractivity contribution in [1.29, 1.82) is 0 Å². The van der Waals surface area contributed by atoms with Gasteiger partial charge in [-0.3, -0.25) is 4.79 Å². The lowest BCUT2D eigenvalue weighted by Gasteiger charge is -2.40. The molecule has 1 amide bonds. The van der Waals surface area contributed by atoms with Crippen LogP contribution < -0.4 is 15.2 Å². The fourth-order valence-electron chi connectivity index (χ4n) is 1.98. The van der Waals surface area contributed by atoms with Crippen LogP contribution in [0.5, 0.6) is 5.75 Å². The fourth-order valence-corrected chi connectivity index (χ4v) is 3.35. The SMILES string of the molecule is COc1ccc(S(=O)(=O)NC2(CC(N)=O)COC2)cc1. The molecule has 3 N–H and O–H groups in total. The number of methoxy groups -OCH3 is 1. The number of nitrogens with one attached hydrogen (secondary N) is 1. The minimum atomic E-state index is -3.74. The lowest BCUT2D eigenvalue weighted by molar-refractivity contribution is -0.126. The van der Waals surface area contributed by atoms with Crippen LogP contribution >= 0.6 is 0 Å². The van der Waals surface area contributed by atoms with Gasteiger partial charge in [-0.2, -0.15) is 4.72 Å². The summed E-state index contributed by atoms with van der Waals surface area (Å²) in [5.74, 6) is -0.0199. The molecule has 0 atom stereocenters. The van der Waals surface area contributed by atoms with Gasteiger partial charge in [0.15, 0.2) is 0 Å². The second kappa shape index (κ2) is 5.39. The Morgan fingerprint density at radius 1 is 1.40 bits per heavy atom. The van der Waals surface area contributed by atoms with Crippen molar-refractivity contribution in [3.05, 3.63) is 24.3 Å². The van der Waals surface area contributed by atoms with E-state index in [1.54, 1.807) is 12.1 Å². The maximum absolute atomic E-state index is 12.3. The molecule has 0 radical (unpaired) electrons. The molecule has 0 unspecified atom stereocenters. The second-order valence-electron chi connectivity index (χ2n) is 4.70. The molecule has 1 aromatic rings. The van der Waals surface area contributed by atoms with Gasteiger partial charge in [0.05, 0.1) is 37.2 Å². The van der Waals surface area contributed by atoms with Gasteiger partial charge in [-0.1, -0.05) is 0 Å². The van der Waals surface area contributed by atoms with E-state index in [4.69, 9.17) is 15.2 Å². The summed E-state index contributed by atoms with van der Waals surface area (Å²) in [5.41, 5.74) is 4.20. The molecule has 7 nitrogen and oxygen atoms in total. The van der Waals surface area contributed by atoms with Gasteiger partial charge in [0.1, 0.15) is 5.75 Å². The molecule has 1 aliphatic heterocycles. The Kier molecular flexibility index (Phi) is 3.98. The van der Waals surface area contributed by atoms with E-state index in [2.05, 4.69) is 4.72 Å². The van der Waals surface area contributed by atoms with Crippen molar-refractivity contribution in [2.24, 2.45) is 5.73 Å². The number of rotatable bonds is 6. The fraction of sp³-hybridized carbons (Fsp3) is 0.417. The van der Waals surface area contributed by atoms with E-state index in [0.29, 0.717) is 5.75 Å². The average Bonchev–Trinajstić information content (AvgIpc) is 2.35. The highest BCUT2D eigenvalue weighted by atomic mass is 32.2. The highest BCUT2D eigenvalue weighted by molar-refractivity contribution is 7.89. The monoisotopic (exact) mass is 300 g/mol. The Morgan fingerprint density at radius 3 is 2.40 bits per heavy atom. The van der Waals surface area contributed by atoms with Gasteiger partial charge in [-0.05, 0) is 24.3 Å². The van der Waals surface area contributed by atoms with Crippen LogP contribution in [0.2, 0.25) is 0 Å². The Balaban J connectivity index is 2.19. The summed E-state index contributed by atoms with van der Waals surface area (Å²) in [5, 5.41) is 0. The highest BCUT2D eigenvalue weighted by Crippen LogP contribution is 2.24. The molecule has 0 aromatic heterocycles. The third kappa shape index (κ3) is 3.09. The van der Waals surface area contributed by atoms with Crippen LogP contribution in [0.15, 0.2) is 29.2 Å². The Morgan fingerprint density at radius 2 is 2.00 bits per heavy atom. The van der Waals surface area contributed by atoms with Crippen molar-refractivity contribution in [2.45, 2.75) is 16.9 Å². The normalized spacial score (nSPS) is 17.2. The van der Waals surface area contributed by atoms with Gasteiger partial charge in [0, 0.05) is 0 Å². The standard InChI is InChI=1S/C12H16N2O5S/c1-18-9-2-4-10(5-3-9)20(16,17)14-12(6-11(13)15)7-19-8-12/h2-5,14H,6-8H2,1H3,(H2,13,15). The molecular weight excluding hydrogens is 284 g/mol. The predicted molar refractivity (Wildman–Crippen MR) is 70.7 cm³/mol. The quantitative estimate of drug-likeness (QED) is 0.744. The summed E-state index contributed by atoms with van der Waals surface area (Å²) in [6.45, 7) is 0.261. The molecule has 0 bridgehead atoms. The zero-order chi connectivity index (χ0) is 14.8. The number of hydrogen-bond acceptors (Lipinski definition) is 5. The molecule has 0 saturated carbocycles. The van der Waals surface area contributed by atoms with Crippen molar-refractivity contribution in [3.8, 4) is 5.75 Å². The van der Waals surface area contributed by atoms with E-state index in [1.165, 1.54) is 19.2 Å². The largest absolute Gasteiger partial charge is 0.497 e. The zero-order valence-electron chi connectivity index (χ0n) is 11.0. The van der Waals surface area contributed by atoms with Gasteiger partial charge < -0.3 is 15.2 Å². The molecule has 1 saturated heterocycles. The van der Waals surface area contributed by atoms with Crippen molar-refractivity contribution in [2.75, 3.05) is 20.3 Å². The summed E-state index contributed by atoms with van der Waals surface area (Å²) < 4.78 is 37.0. The molecule has 110 valence electrons. The van der Waals surface area contributed by atoms with Gasteiger partial charge in [-0.25, -0.2) is 8.42 Å². The predicted octanol–water partition coefficient (Wildman–Crippen LogP) is -0.382. The molecular formula is C12H16N2O5S. The number of carbonyl (C=O) groups excluding carboxylic acids is 1. The van der Waals surface area contributed by atoms with Gasteiger partial charge in [0.25, 0.3) is 0 Å². The first-order chi connectivity index (χ1) is 9.37. The van der Waals surface area contributed by atoms with Gasteiger partial charge in [0.2, 0.25) is 15.9 Å². The minimum Gasteiger partial charge on any atom is -0.497 e. The van der Waals surface area contributed by atoms with E-state index in [9.17, 15) is 13.2 Å². The maximum Gasteiger partial charge on any atom is 0.241 e. The van der Waals surface area contributed by atoms with Crippen molar-refractivity contribution in [1.82, 2.24) is 4.72 Å². The molecule has 1 aromatic carbocycles. The van der Waals surface area contributed by atoms with Crippen LogP contribution in [0.3, 0.4) is 0 Å². The molecule has 2 rings (SSSR count). The number of nitrogens with two attached hydrogens (primary N) is 1. The topological polar surface area (TPSA) is 108 Å². The van der Waals surface area contributed by atoms with E-state index >= 15 is 0 Å². The van der Waals surface area contributed by atoms with Crippen molar-refractivity contribution in [3.63, 3.8) is 0 Å². The summed E-state index contributed by atoms with van der Waals surface area (Å²) in [7, 11) is -2.25. The molecule has 1 aliphatic rings. The summed E-state index contributed by atoms with van der Waals surface area (Å²) in [6.07, 6.45) is -0.0949. The number of amides is 1. The first-order valence-electron chi connectivity index (χ1n) is 5.91. The number of benzene rings is 1. The molecule has 8 heteroatoms. The number of carbonyl (C=O) groups is 1. The van der Waals surface area contributed by atoms with Crippen LogP contribution in [0, 0.1) is 0 Å². The lowest BCUT2D eigenvalue weighted by Crippen LogP contribution is -2.63. The summed E-state index contributed by atoms with van der Waals surface area (Å²) in [6, 6.07) is 5.95. The number of ether oxygens (including phenoxy) is 2. The number of hydrogen-bond donors (Lipinski definition) is 2. The molecule has 20 heavy (non-hydrogen) atoms. The smallest absolute Gasteiger partial charge is 0.241 e. The van der Waals surface area contributed by atoms with E-state index in [1.807, 2.05) is 0 Å². The lowest BCUT2D eigenvalue weighted by atomic mass is 9.94. The third-order valence-electron chi connectivity index (χ3n) is 2.99. The number of sulfonamides is 1. The highest BCUT2D eigenvalue weighted by Gasteiger charge is 2.43. The first kappa shape index (κ1) is 14.8. The first-order valence-corrected chi connectivity index (χ1v) is 7.39.